The Morgan fingerprint density at radius 3 is 1.62 bits per heavy atom. The zero-order valence-electron chi connectivity index (χ0n) is 5.85. The van der Waals surface area contributed by atoms with E-state index < -0.39 is 22.5 Å². The third-order valence-electron chi connectivity index (χ3n) is 0.102. The number of amides is 2. The quantitative estimate of drug-likeness (QED) is 0.346. The SMILES string of the molecule is O=N[O-].[Cl][Pt][Cl].[NH-]C(=O)NO.[NH2-].[NH2-]. The van der Waals surface area contributed by atoms with Crippen LogP contribution in [0.4, 0.5) is 4.79 Å². The Balaban J connectivity index is -0.0000000240. The van der Waals surface area contributed by atoms with Gasteiger partial charge in [-0.05, 0) is 0 Å². The van der Waals surface area contributed by atoms with Gasteiger partial charge in [-0.15, -0.1) is 5.34 Å². The third-order valence-corrected chi connectivity index (χ3v) is 0.102. The Bertz CT molecular complexity index is 96.6. The Morgan fingerprint density at radius 1 is 1.54 bits per heavy atom. The molecular formula is CH7Cl2N5O4Pt-4. The standard InChI is InChI=1S/CH4N2O2.2ClH.HNO2.2H2N.Pt/c2-1(4)3-5;;;2-1-3;;;/h(H4,2,3,4,5);2*1H;(H,2,3);2*1H2;/q;;;;2*-1;+2/p-4. The average molecular weight is 419 g/mol. The van der Waals surface area contributed by atoms with Crippen molar-refractivity contribution in [1.29, 1.82) is 0 Å². The fraction of sp³-hybridized carbons (Fsp3) is 0. The molecule has 0 aliphatic rings. The summed E-state index contributed by atoms with van der Waals surface area (Å²) in [5, 5.41) is 16.4. The number of rotatable bonds is 0. The summed E-state index contributed by atoms with van der Waals surface area (Å²) in [6.45, 7) is 0. The van der Waals surface area contributed by atoms with Gasteiger partial charge in [0, 0.05) is 0 Å². The fourth-order valence-corrected chi connectivity index (χ4v) is 0. The number of nitrogens with one attached hydrogen (secondary N) is 2. The van der Waals surface area contributed by atoms with Crippen molar-refractivity contribution < 1.29 is 26.5 Å². The Hall–Kier alpha value is -0.182. The van der Waals surface area contributed by atoms with Crippen LogP contribution in [-0.4, -0.2) is 11.2 Å². The van der Waals surface area contributed by atoms with Crippen molar-refractivity contribution in [1.82, 2.24) is 5.48 Å². The molecule has 7 N–H and O–H groups in total. The predicted octanol–water partition coefficient (Wildman–Crippen LogP) is 3.20. The Morgan fingerprint density at radius 2 is 1.62 bits per heavy atom. The van der Waals surface area contributed by atoms with Crippen molar-refractivity contribution in [3.63, 3.8) is 0 Å². The summed E-state index contributed by atoms with van der Waals surface area (Å²) in [5.41, 5.74) is 6.88. The van der Waals surface area contributed by atoms with E-state index in [1.807, 2.05) is 0 Å². The number of urea groups is 1. The van der Waals surface area contributed by atoms with Crippen molar-refractivity contribution in [3.8, 4) is 0 Å². The molecule has 0 spiro atoms. The molecule has 2 amide bonds. The summed E-state index contributed by atoms with van der Waals surface area (Å²) in [6, 6.07) is -1.19. The van der Waals surface area contributed by atoms with Crippen LogP contribution in [0.25, 0.3) is 18.0 Å². The summed E-state index contributed by atoms with van der Waals surface area (Å²) < 4.78 is 0. The van der Waals surface area contributed by atoms with Gasteiger partial charge in [-0.25, -0.2) is 0 Å². The monoisotopic (exact) mass is 418 g/mol. The molecule has 0 saturated carbocycles. The van der Waals surface area contributed by atoms with Gasteiger partial charge >= 0.3 is 35.3 Å². The molecule has 0 aliphatic heterocycles. The first kappa shape index (κ1) is 29.3. The van der Waals surface area contributed by atoms with Crippen LogP contribution >= 0.6 is 18.8 Å². The molecule has 0 heterocycles. The molecule has 0 saturated heterocycles. The van der Waals surface area contributed by atoms with Crippen molar-refractivity contribution >= 4 is 24.9 Å². The molecule has 0 aromatic heterocycles. The number of nitrogens with two attached hydrogens (primary N) is 2. The summed E-state index contributed by atoms with van der Waals surface area (Å²) in [7, 11) is 9.75. The van der Waals surface area contributed by atoms with Gasteiger partial charge < -0.3 is 38.8 Å². The fourth-order valence-electron chi connectivity index (χ4n) is 0. The molecule has 0 atom stereocenters. The van der Waals surface area contributed by atoms with Crippen molar-refractivity contribution in [3.05, 3.63) is 28.1 Å². The number of carbonyl (C=O) groups is 1. The van der Waals surface area contributed by atoms with E-state index in [0.29, 0.717) is 0 Å². The maximum atomic E-state index is 9.12. The van der Waals surface area contributed by atoms with E-state index in [2.05, 4.69) is 0 Å². The van der Waals surface area contributed by atoms with Crippen LogP contribution in [0, 0.1) is 10.1 Å². The minimum Gasteiger partial charge on any atom is -0.693 e. The first-order valence-corrected chi connectivity index (χ1v) is 7.16. The summed E-state index contributed by atoms with van der Waals surface area (Å²) in [6.07, 6.45) is 0. The molecule has 0 aromatic rings. The molecule has 0 bridgehead atoms. The predicted molar refractivity (Wildman–Crippen MR) is 46.1 cm³/mol. The van der Waals surface area contributed by atoms with E-state index >= 15 is 0 Å². The molecule has 88 valence electrons. The summed E-state index contributed by atoms with van der Waals surface area (Å²) in [4.78, 5) is 17.1. The number of carbonyl (C=O) groups excluding carboxylic acids is 1. The minimum atomic E-state index is -1.19. The van der Waals surface area contributed by atoms with Crippen LogP contribution in [0.5, 0.6) is 0 Å². The zero-order valence-corrected chi connectivity index (χ0v) is 9.63. The van der Waals surface area contributed by atoms with Gasteiger partial charge in [0.05, 0.1) is 0 Å². The van der Waals surface area contributed by atoms with E-state index in [-0.39, 0.29) is 12.3 Å². The smallest absolute Gasteiger partial charge is 0.169 e. The van der Waals surface area contributed by atoms with Gasteiger partial charge in [0.2, 0.25) is 0 Å². The number of hydrogen-bond donors (Lipinski definition) is 2. The zero-order chi connectivity index (χ0) is 9.70. The Kier molecular flexibility index (Phi) is 92.1. The van der Waals surface area contributed by atoms with Gasteiger partial charge in [0.1, 0.15) is 0 Å². The first-order chi connectivity index (χ1) is 5.10. The van der Waals surface area contributed by atoms with Gasteiger partial charge in [-0.3, -0.25) is 4.79 Å². The summed E-state index contributed by atoms with van der Waals surface area (Å²) >= 11 is -0.472. The first-order valence-electron chi connectivity index (χ1n) is 1.53. The number of hydrogen-bond acceptors (Lipinski definition) is 5. The molecular weight excluding hydrogens is 412 g/mol. The molecule has 0 unspecified atom stereocenters. The van der Waals surface area contributed by atoms with Gasteiger partial charge in [0.15, 0.2) is 6.03 Å². The van der Waals surface area contributed by atoms with E-state index in [1.54, 1.807) is 0 Å². The normalized spacial score (nSPS) is 5.15. The molecule has 0 fully saturated rings. The van der Waals surface area contributed by atoms with Crippen molar-refractivity contribution in [2.45, 2.75) is 0 Å². The van der Waals surface area contributed by atoms with Crippen LogP contribution < -0.4 is 5.48 Å². The molecule has 13 heavy (non-hydrogen) atoms. The maximum absolute atomic E-state index is 9.12. The largest absolute Gasteiger partial charge is 0.693 e. The topological polar surface area (TPSA) is 193 Å². The van der Waals surface area contributed by atoms with Crippen LogP contribution in [-0.2, 0) is 16.5 Å². The number of nitrogens with zero attached hydrogens (tertiary/aromatic N) is 1. The van der Waals surface area contributed by atoms with Crippen LogP contribution in [0.3, 0.4) is 0 Å². The molecule has 0 aliphatic carbocycles. The third kappa shape index (κ3) is 345. The molecule has 0 radical (unpaired) electrons. The van der Waals surface area contributed by atoms with Crippen LogP contribution in [0.15, 0.2) is 5.34 Å². The molecule has 0 rings (SSSR count). The maximum Gasteiger partial charge on any atom is 0.169 e. The van der Waals surface area contributed by atoms with Crippen LogP contribution in [0.1, 0.15) is 0 Å². The summed E-state index contributed by atoms with van der Waals surface area (Å²) in [5.74, 6) is 0. The van der Waals surface area contributed by atoms with E-state index in [0.717, 1.165) is 10.8 Å². The Labute approximate surface area is 90.4 Å². The average Bonchev–Trinajstić information content (AvgIpc) is 1.91. The van der Waals surface area contributed by atoms with Gasteiger partial charge in [-0.2, -0.15) is 0 Å². The van der Waals surface area contributed by atoms with E-state index in [1.165, 1.54) is 0 Å². The van der Waals surface area contributed by atoms with Crippen LogP contribution in [0.2, 0.25) is 0 Å². The van der Waals surface area contributed by atoms with Crippen molar-refractivity contribution in [2.24, 2.45) is 5.34 Å². The van der Waals surface area contributed by atoms with E-state index in [9.17, 15) is 0 Å². The van der Waals surface area contributed by atoms with Gasteiger partial charge in [0.25, 0.3) is 0 Å². The molecule has 9 nitrogen and oxygen atoms in total. The van der Waals surface area contributed by atoms with Gasteiger partial charge in [-0.1, -0.05) is 0 Å². The number of halogens is 2. The minimum absolute atomic E-state index is 0. The molecule has 12 heteroatoms. The molecule has 0 aromatic carbocycles. The van der Waals surface area contributed by atoms with Crippen molar-refractivity contribution in [2.75, 3.05) is 0 Å². The second-order valence-corrected chi connectivity index (χ2v) is 3.84. The second-order valence-electron chi connectivity index (χ2n) is 0.561. The van der Waals surface area contributed by atoms with E-state index in [4.69, 9.17) is 44.7 Å². The second kappa shape index (κ2) is 40.9. The number of hydroxylamine groups is 1.